The number of thiophene rings is 1. The Morgan fingerprint density at radius 1 is 0.606 bits per heavy atom. The monoisotopic (exact) mass is 440 g/mol. The largest absolute Gasteiger partial charge is 0.455 e. The third kappa shape index (κ3) is 2.21. The summed E-state index contributed by atoms with van der Waals surface area (Å²) in [5.41, 5.74) is 5.04. The second kappa shape index (κ2) is 6.21. The molecule has 4 aromatic heterocycles. The van der Waals surface area contributed by atoms with Gasteiger partial charge in [-0.3, -0.25) is 4.57 Å². The molecule has 4 heterocycles. The topological polar surface area (TPSA) is 31.0 Å². The highest BCUT2D eigenvalue weighted by Gasteiger charge is 2.20. The summed E-state index contributed by atoms with van der Waals surface area (Å²) in [4.78, 5) is 4.76. The average Bonchev–Trinajstić information content (AvgIpc) is 3.53. The zero-order chi connectivity index (χ0) is 21.5. The number of furan rings is 1. The fraction of sp³-hybridized carbons (Fsp3) is 0. The van der Waals surface area contributed by atoms with Crippen LogP contribution in [0.2, 0.25) is 0 Å². The first-order chi connectivity index (χ1) is 16.4. The summed E-state index contributed by atoms with van der Waals surface area (Å²) in [6.45, 7) is 0. The van der Waals surface area contributed by atoms with Crippen LogP contribution < -0.4 is 0 Å². The number of para-hydroxylation sites is 1. The molecule has 0 spiro atoms. The van der Waals surface area contributed by atoms with E-state index in [0.29, 0.717) is 0 Å². The molecule has 0 radical (unpaired) electrons. The predicted octanol–water partition coefficient (Wildman–Crippen LogP) is 8.45. The molecule has 0 bridgehead atoms. The van der Waals surface area contributed by atoms with Gasteiger partial charge in [-0.05, 0) is 54.6 Å². The van der Waals surface area contributed by atoms with Crippen LogP contribution in [0.5, 0.6) is 0 Å². The van der Waals surface area contributed by atoms with Crippen molar-refractivity contribution < 1.29 is 4.42 Å². The molecule has 33 heavy (non-hydrogen) atoms. The van der Waals surface area contributed by atoms with Gasteiger partial charge in [0, 0.05) is 48.2 Å². The molecule has 0 fully saturated rings. The van der Waals surface area contributed by atoms with E-state index in [0.717, 1.165) is 49.6 Å². The van der Waals surface area contributed by atoms with Crippen LogP contribution in [-0.4, -0.2) is 9.55 Å². The molecule has 4 heteroatoms. The summed E-state index contributed by atoms with van der Waals surface area (Å²) < 4.78 is 11.5. The van der Waals surface area contributed by atoms with E-state index in [2.05, 4.69) is 83.4 Å². The number of fused-ring (bicyclic) bond motifs is 11. The molecule has 0 N–H and O–H groups in total. The van der Waals surface area contributed by atoms with E-state index in [1.165, 1.54) is 20.2 Å². The minimum atomic E-state index is 0.929. The highest BCUT2D eigenvalue weighted by molar-refractivity contribution is 7.26. The van der Waals surface area contributed by atoms with Crippen molar-refractivity contribution in [1.29, 1.82) is 0 Å². The van der Waals surface area contributed by atoms with Crippen LogP contribution >= 0.6 is 11.3 Å². The molecule has 0 unspecified atom stereocenters. The molecule has 0 amide bonds. The summed E-state index contributed by atoms with van der Waals surface area (Å²) in [7, 11) is 0. The lowest BCUT2D eigenvalue weighted by atomic mass is 10.1. The fourth-order valence-electron chi connectivity index (χ4n) is 5.27. The lowest BCUT2D eigenvalue weighted by molar-refractivity contribution is 0.677. The van der Waals surface area contributed by atoms with Crippen LogP contribution in [0.1, 0.15) is 0 Å². The van der Waals surface area contributed by atoms with Crippen LogP contribution in [-0.2, 0) is 0 Å². The molecule has 8 rings (SSSR count). The number of hydrogen-bond donors (Lipinski definition) is 0. The molecule has 0 saturated heterocycles. The third-order valence-corrected chi connectivity index (χ3v) is 7.78. The van der Waals surface area contributed by atoms with E-state index < -0.39 is 0 Å². The standard InChI is InChI=1S/C29H16N2OS/c1-2-7-17(8-3-1)31-22-14-12-18-19-13-15-24-26(20-9-4-5-11-23(20)33-24)28(19)32-27(18)25(22)21-10-6-16-30-29(21)31/h1-16H. The Balaban J connectivity index is 1.60. The minimum Gasteiger partial charge on any atom is -0.455 e. The van der Waals surface area contributed by atoms with E-state index >= 15 is 0 Å². The molecule has 0 saturated carbocycles. The van der Waals surface area contributed by atoms with Crippen molar-refractivity contribution in [3.63, 3.8) is 0 Å². The van der Waals surface area contributed by atoms with Crippen LogP contribution in [0.15, 0.2) is 102 Å². The first kappa shape index (κ1) is 17.4. The smallest absolute Gasteiger partial charge is 0.145 e. The van der Waals surface area contributed by atoms with Crippen LogP contribution in [0, 0.1) is 0 Å². The predicted molar refractivity (Wildman–Crippen MR) is 139 cm³/mol. The highest BCUT2D eigenvalue weighted by Crippen LogP contribution is 2.44. The van der Waals surface area contributed by atoms with Gasteiger partial charge in [-0.1, -0.05) is 36.4 Å². The number of rotatable bonds is 1. The van der Waals surface area contributed by atoms with Crippen molar-refractivity contribution in [2.45, 2.75) is 0 Å². The maximum absolute atomic E-state index is 6.77. The second-order valence-electron chi connectivity index (χ2n) is 8.40. The normalized spacial score (nSPS) is 12.2. The molecule has 3 nitrogen and oxygen atoms in total. The van der Waals surface area contributed by atoms with Crippen molar-refractivity contribution in [3.05, 3.63) is 97.2 Å². The molecule has 0 atom stereocenters. The summed E-state index contributed by atoms with van der Waals surface area (Å²) in [5.74, 6) is 0. The Bertz CT molecular complexity index is 2030. The second-order valence-corrected chi connectivity index (χ2v) is 9.48. The maximum atomic E-state index is 6.77. The molecule has 154 valence electrons. The van der Waals surface area contributed by atoms with Gasteiger partial charge in [0.2, 0.25) is 0 Å². The van der Waals surface area contributed by atoms with E-state index in [9.17, 15) is 0 Å². The molecular weight excluding hydrogens is 424 g/mol. The SMILES string of the molecule is c1ccc(-n2c3ccc4c5ccc6sc7ccccc7c6c5oc4c3c3cccnc32)cc1. The molecule has 0 aliphatic rings. The van der Waals surface area contributed by atoms with Crippen molar-refractivity contribution in [1.82, 2.24) is 9.55 Å². The van der Waals surface area contributed by atoms with E-state index in [1.807, 2.05) is 29.7 Å². The van der Waals surface area contributed by atoms with Crippen molar-refractivity contribution in [3.8, 4) is 5.69 Å². The lowest BCUT2D eigenvalue weighted by Crippen LogP contribution is -1.94. The number of pyridine rings is 1. The van der Waals surface area contributed by atoms with Gasteiger partial charge < -0.3 is 4.42 Å². The van der Waals surface area contributed by atoms with Gasteiger partial charge in [-0.25, -0.2) is 4.98 Å². The Morgan fingerprint density at radius 2 is 1.36 bits per heavy atom. The fourth-order valence-corrected chi connectivity index (χ4v) is 6.37. The molecule has 4 aromatic carbocycles. The van der Waals surface area contributed by atoms with Gasteiger partial charge in [-0.2, -0.15) is 0 Å². The van der Waals surface area contributed by atoms with Gasteiger partial charge in [0.1, 0.15) is 16.8 Å². The summed E-state index contributed by atoms with van der Waals surface area (Å²) in [6, 6.07) is 32.0. The van der Waals surface area contributed by atoms with Crippen LogP contribution in [0.3, 0.4) is 0 Å². The minimum absolute atomic E-state index is 0.929. The zero-order valence-electron chi connectivity index (χ0n) is 17.4. The van der Waals surface area contributed by atoms with Crippen LogP contribution in [0.4, 0.5) is 0 Å². The van der Waals surface area contributed by atoms with Gasteiger partial charge in [-0.15, -0.1) is 11.3 Å². The third-order valence-electron chi connectivity index (χ3n) is 6.65. The van der Waals surface area contributed by atoms with Gasteiger partial charge in [0.15, 0.2) is 0 Å². The first-order valence-electron chi connectivity index (χ1n) is 11.0. The molecule has 8 aromatic rings. The maximum Gasteiger partial charge on any atom is 0.145 e. The highest BCUT2D eigenvalue weighted by atomic mass is 32.1. The van der Waals surface area contributed by atoms with E-state index in [1.54, 1.807) is 0 Å². The van der Waals surface area contributed by atoms with Crippen LogP contribution in [0.25, 0.3) is 69.7 Å². The molecule has 0 aliphatic carbocycles. The Kier molecular flexibility index (Phi) is 3.28. The molecular formula is C29H16N2OS. The van der Waals surface area contributed by atoms with Crippen molar-refractivity contribution in [2.24, 2.45) is 0 Å². The zero-order valence-corrected chi connectivity index (χ0v) is 18.3. The quantitative estimate of drug-likeness (QED) is 0.256. The summed E-state index contributed by atoms with van der Waals surface area (Å²) >= 11 is 1.82. The number of hydrogen-bond acceptors (Lipinski definition) is 3. The number of nitrogens with zero attached hydrogens (tertiary/aromatic N) is 2. The van der Waals surface area contributed by atoms with Crippen molar-refractivity contribution >= 4 is 75.4 Å². The van der Waals surface area contributed by atoms with Gasteiger partial charge in [0.25, 0.3) is 0 Å². The van der Waals surface area contributed by atoms with Gasteiger partial charge >= 0.3 is 0 Å². The van der Waals surface area contributed by atoms with Crippen molar-refractivity contribution in [2.75, 3.05) is 0 Å². The summed E-state index contributed by atoms with van der Waals surface area (Å²) in [6.07, 6.45) is 1.86. The average molecular weight is 441 g/mol. The van der Waals surface area contributed by atoms with E-state index in [-0.39, 0.29) is 0 Å². The van der Waals surface area contributed by atoms with Gasteiger partial charge in [0.05, 0.1) is 10.9 Å². The summed E-state index contributed by atoms with van der Waals surface area (Å²) in [5, 5.41) is 6.99. The number of aromatic nitrogens is 2. The first-order valence-corrected chi connectivity index (χ1v) is 11.8. The van der Waals surface area contributed by atoms with E-state index in [4.69, 9.17) is 9.40 Å². The lowest BCUT2D eigenvalue weighted by Gasteiger charge is -2.06. The number of benzene rings is 4. The Labute approximate surface area is 192 Å². The molecule has 0 aliphatic heterocycles. The Morgan fingerprint density at radius 3 is 2.27 bits per heavy atom. The Hall–Kier alpha value is -4.15.